The van der Waals surface area contributed by atoms with E-state index in [0.717, 1.165) is 16.7 Å². The van der Waals surface area contributed by atoms with Crippen LogP contribution in [-0.2, 0) is 4.79 Å². The third-order valence-corrected chi connectivity index (χ3v) is 2.30. The maximum absolute atomic E-state index is 11.2. The molecular formula is C11H14INO2. The Hall–Kier alpha value is -0.780. The van der Waals surface area contributed by atoms with Crippen LogP contribution >= 0.6 is 22.6 Å². The van der Waals surface area contributed by atoms with Gasteiger partial charge in [-0.1, -0.05) is 40.8 Å². The summed E-state index contributed by atoms with van der Waals surface area (Å²) in [5.74, 6) is 0.849. The van der Waals surface area contributed by atoms with Gasteiger partial charge in [-0.3, -0.25) is 4.79 Å². The quantitative estimate of drug-likeness (QED) is 0.643. The number of carbonyl (C=O) groups excluding carboxylic acids is 1. The van der Waals surface area contributed by atoms with Crippen molar-refractivity contribution in [3.63, 3.8) is 0 Å². The molecule has 1 aromatic rings. The zero-order valence-electron chi connectivity index (χ0n) is 8.41. The Morgan fingerprint density at radius 1 is 1.33 bits per heavy atom. The minimum atomic E-state index is 0.0441. The summed E-state index contributed by atoms with van der Waals surface area (Å²) in [6.07, 6.45) is 0.408. The molecule has 4 heteroatoms. The number of alkyl halides is 1. The van der Waals surface area contributed by atoms with Crippen LogP contribution in [0.4, 0.5) is 0 Å². The molecule has 0 spiro atoms. The van der Waals surface area contributed by atoms with Gasteiger partial charge in [0.2, 0.25) is 5.91 Å². The molecule has 0 radical (unpaired) electrons. The summed E-state index contributed by atoms with van der Waals surface area (Å²) in [7, 11) is 0. The van der Waals surface area contributed by atoms with Crippen molar-refractivity contribution in [2.24, 2.45) is 0 Å². The monoisotopic (exact) mass is 319 g/mol. The predicted molar refractivity (Wildman–Crippen MR) is 68.5 cm³/mol. The van der Waals surface area contributed by atoms with Crippen LogP contribution in [0, 0.1) is 0 Å². The van der Waals surface area contributed by atoms with Crippen LogP contribution in [0.1, 0.15) is 6.42 Å². The number of para-hydroxylation sites is 1. The van der Waals surface area contributed by atoms with E-state index in [1.807, 2.05) is 30.3 Å². The zero-order valence-corrected chi connectivity index (χ0v) is 10.6. The highest BCUT2D eigenvalue weighted by atomic mass is 127. The largest absolute Gasteiger partial charge is 0.493 e. The summed E-state index contributed by atoms with van der Waals surface area (Å²) < 4.78 is 6.33. The Morgan fingerprint density at radius 2 is 2.07 bits per heavy atom. The van der Waals surface area contributed by atoms with Crippen LogP contribution in [0.3, 0.4) is 0 Å². The average molecular weight is 319 g/mol. The molecule has 0 fully saturated rings. The standard InChI is InChI=1S/C11H14INO2/c12-7-8-13-11(14)6-9-15-10-4-2-1-3-5-10/h1-5H,6-9H2,(H,13,14). The second-order valence-electron chi connectivity index (χ2n) is 2.95. The van der Waals surface area contributed by atoms with Crippen LogP contribution < -0.4 is 10.1 Å². The minimum Gasteiger partial charge on any atom is -0.493 e. The van der Waals surface area contributed by atoms with Crippen LogP contribution in [0.25, 0.3) is 0 Å². The highest BCUT2D eigenvalue weighted by molar-refractivity contribution is 14.1. The third-order valence-electron chi connectivity index (χ3n) is 1.76. The molecule has 0 aromatic heterocycles. The maximum atomic E-state index is 11.2. The molecule has 1 rings (SSSR count). The number of rotatable bonds is 6. The van der Waals surface area contributed by atoms with E-state index >= 15 is 0 Å². The smallest absolute Gasteiger partial charge is 0.223 e. The van der Waals surface area contributed by atoms with Crippen molar-refractivity contribution in [3.05, 3.63) is 30.3 Å². The summed E-state index contributed by atoms with van der Waals surface area (Å²) in [6.45, 7) is 1.15. The summed E-state index contributed by atoms with van der Waals surface area (Å²) in [5, 5.41) is 2.79. The Kier molecular flexibility index (Phi) is 6.15. The van der Waals surface area contributed by atoms with Gasteiger partial charge in [-0.15, -0.1) is 0 Å². The lowest BCUT2D eigenvalue weighted by Gasteiger charge is -2.05. The molecule has 82 valence electrons. The Balaban J connectivity index is 2.14. The molecule has 1 amide bonds. The summed E-state index contributed by atoms with van der Waals surface area (Å²) >= 11 is 2.22. The van der Waals surface area contributed by atoms with Gasteiger partial charge in [-0.2, -0.15) is 0 Å². The van der Waals surface area contributed by atoms with Crippen molar-refractivity contribution in [2.45, 2.75) is 6.42 Å². The highest BCUT2D eigenvalue weighted by Crippen LogP contribution is 2.08. The van der Waals surface area contributed by atoms with E-state index in [9.17, 15) is 4.79 Å². The van der Waals surface area contributed by atoms with Crippen molar-refractivity contribution in [2.75, 3.05) is 17.6 Å². The molecule has 0 unspecified atom stereocenters. The highest BCUT2D eigenvalue weighted by Gasteiger charge is 2.00. The summed E-state index contributed by atoms with van der Waals surface area (Å²) in [5.41, 5.74) is 0. The number of hydrogen-bond acceptors (Lipinski definition) is 2. The SMILES string of the molecule is O=C(CCOc1ccccc1)NCCI. The second-order valence-corrected chi connectivity index (χ2v) is 4.03. The van der Waals surface area contributed by atoms with Gasteiger partial charge in [-0.25, -0.2) is 0 Å². The number of hydrogen-bond donors (Lipinski definition) is 1. The fourth-order valence-electron chi connectivity index (χ4n) is 1.05. The lowest BCUT2D eigenvalue weighted by Crippen LogP contribution is -2.26. The predicted octanol–water partition coefficient (Wildman–Crippen LogP) is 2.01. The van der Waals surface area contributed by atoms with Gasteiger partial charge in [0.05, 0.1) is 13.0 Å². The number of halogens is 1. The molecule has 0 aliphatic heterocycles. The fraction of sp³-hybridized carbons (Fsp3) is 0.364. The average Bonchev–Trinajstić information content (AvgIpc) is 2.28. The molecule has 15 heavy (non-hydrogen) atoms. The van der Waals surface area contributed by atoms with Crippen LogP contribution in [0.15, 0.2) is 30.3 Å². The molecule has 0 saturated heterocycles. The maximum Gasteiger partial charge on any atom is 0.223 e. The van der Waals surface area contributed by atoms with Crippen molar-refractivity contribution in [1.29, 1.82) is 0 Å². The normalized spacial score (nSPS) is 9.67. The molecule has 0 aliphatic carbocycles. The number of benzene rings is 1. The molecule has 0 bridgehead atoms. The number of carbonyl (C=O) groups is 1. The van der Waals surface area contributed by atoms with E-state index in [4.69, 9.17) is 4.74 Å². The second kappa shape index (κ2) is 7.50. The van der Waals surface area contributed by atoms with Crippen molar-refractivity contribution in [3.8, 4) is 5.75 Å². The molecule has 1 aromatic carbocycles. The van der Waals surface area contributed by atoms with Crippen LogP contribution in [0.2, 0.25) is 0 Å². The summed E-state index contributed by atoms with van der Waals surface area (Å²) in [6, 6.07) is 9.50. The van der Waals surface area contributed by atoms with Gasteiger partial charge in [-0.05, 0) is 12.1 Å². The van der Waals surface area contributed by atoms with E-state index in [1.165, 1.54) is 0 Å². The first kappa shape index (κ1) is 12.3. The Morgan fingerprint density at radius 3 is 2.73 bits per heavy atom. The first-order chi connectivity index (χ1) is 7.33. The minimum absolute atomic E-state index is 0.0441. The molecule has 1 N–H and O–H groups in total. The van der Waals surface area contributed by atoms with Crippen molar-refractivity contribution >= 4 is 28.5 Å². The first-order valence-corrected chi connectivity index (χ1v) is 6.36. The number of amides is 1. The fourth-order valence-corrected chi connectivity index (χ4v) is 1.32. The molecule has 3 nitrogen and oxygen atoms in total. The molecule has 0 heterocycles. The topological polar surface area (TPSA) is 38.3 Å². The third kappa shape index (κ3) is 5.61. The first-order valence-electron chi connectivity index (χ1n) is 4.83. The van der Waals surface area contributed by atoms with Gasteiger partial charge in [0.1, 0.15) is 5.75 Å². The van der Waals surface area contributed by atoms with E-state index in [-0.39, 0.29) is 5.91 Å². The number of ether oxygens (including phenoxy) is 1. The molecule has 0 saturated carbocycles. The van der Waals surface area contributed by atoms with E-state index in [1.54, 1.807) is 0 Å². The van der Waals surface area contributed by atoms with E-state index in [0.29, 0.717) is 13.0 Å². The van der Waals surface area contributed by atoms with E-state index in [2.05, 4.69) is 27.9 Å². The van der Waals surface area contributed by atoms with Gasteiger partial charge in [0.25, 0.3) is 0 Å². The van der Waals surface area contributed by atoms with Gasteiger partial charge >= 0.3 is 0 Å². The van der Waals surface area contributed by atoms with Gasteiger partial charge in [0.15, 0.2) is 0 Å². The van der Waals surface area contributed by atoms with Gasteiger partial charge in [0, 0.05) is 11.0 Å². The lowest BCUT2D eigenvalue weighted by atomic mass is 10.3. The number of nitrogens with one attached hydrogen (secondary N) is 1. The Labute approximate surface area is 103 Å². The molecular weight excluding hydrogens is 305 g/mol. The molecule has 0 atom stereocenters. The van der Waals surface area contributed by atoms with Crippen LogP contribution in [0.5, 0.6) is 5.75 Å². The van der Waals surface area contributed by atoms with Crippen molar-refractivity contribution in [1.82, 2.24) is 5.32 Å². The lowest BCUT2D eigenvalue weighted by molar-refractivity contribution is -0.121. The molecule has 0 aliphatic rings. The zero-order chi connectivity index (χ0) is 10.9. The van der Waals surface area contributed by atoms with Gasteiger partial charge < -0.3 is 10.1 Å². The van der Waals surface area contributed by atoms with Crippen molar-refractivity contribution < 1.29 is 9.53 Å². The Bertz CT molecular complexity index is 290. The van der Waals surface area contributed by atoms with Crippen LogP contribution in [-0.4, -0.2) is 23.5 Å². The van der Waals surface area contributed by atoms with E-state index < -0.39 is 0 Å². The summed E-state index contributed by atoms with van der Waals surface area (Å²) in [4.78, 5) is 11.2.